The number of nitrogens with zero attached hydrogens (tertiary/aromatic N) is 4. The number of anilines is 2. The topological polar surface area (TPSA) is 80.1 Å². The number of amides is 1. The summed E-state index contributed by atoms with van der Waals surface area (Å²) in [7, 11) is 0. The first kappa shape index (κ1) is 18.8. The lowest BCUT2D eigenvalue weighted by Crippen LogP contribution is -2.27. The summed E-state index contributed by atoms with van der Waals surface area (Å²) in [6.07, 6.45) is 3.84. The second kappa shape index (κ2) is 7.83. The van der Waals surface area contributed by atoms with Gasteiger partial charge < -0.3 is 10.2 Å². The van der Waals surface area contributed by atoms with E-state index in [1.165, 1.54) is 22.9 Å². The quantitative estimate of drug-likeness (QED) is 0.737. The van der Waals surface area contributed by atoms with Crippen molar-refractivity contribution >= 4 is 17.4 Å². The minimum atomic E-state index is -0.671. The van der Waals surface area contributed by atoms with Crippen LogP contribution in [0.1, 0.15) is 29.0 Å². The zero-order chi connectivity index (χ0) is 20.4. The van der Waals surface area contributed by atoms with Crippen LogP contribution >= 0.6 is 0 Å². The number of carbonyl (C=O) groups is 1. The van der Waals surface area contributed by atoms with Crippen LogP contribution in [0.15, 0.2) is 53.5 Å². The lowest BCUT2D eigenvalue weighted by molar-refractivity contribution is 0.101. The highest BCUT2D eigenvalue weighted by Crippen LogP contribution is 2.19. The van der Waals surface area contributed by atoms with Crippen molar-refractivity contribution in [3.05, 3.63) is 76.1 Å². The standard InChI is InChI=1S/C21H20FN5O2/c1-14-12-18(28)20(25-27(14)17-7-3-2-6-16(17)22)21(29)24-15-8-9-19(23-13-15)26-10-4-5-11-26/h2-3,6-9,12-13H,4-5,10-11H2,1H3,(H,24,29). The van der Waals surface area contributed by atoms with Gasteiger partial charge in [0.2, 0.25) is 5.43 Å². The van der Waals surface area contributed by atoms with E-state index in [0.29, 0.717) is 11.4 Å². The molecule has 0 aliphatic carbocycles. The van der Waals surface area contributed by atoms with E-state index >= 15 is 0 Å². The molecule has 0 radical (unpaired) electrons. The molecular formula is C21H20FN5O2. The van der Waals surface area contributed by atoms with E-state index in [0.717, 1.165) is 31.7 Å². The van der Waals surface area contributed by atoms with Crippen molar-refractivity contribution in [1.29, 1.82) is 0 Å². The van der Waals surface area contributed by atoms with Gasteiger partial charge in [-0.2, -0.15) is 5.10 Å². The summed E-state index contributed by atoms with van der Waals surface area (Å²) < 4.78 is 15.4. The first-order valence-electron chi connectivity index (χ1n) is 9.41. The highest BCUT2D eigenvalue weighted by molar-refractivity contribution is 6.02. The summed E-state index contributed by atoms with van der Waals surface area (Å²) in [4.78, 5) is 31.5. The third-order valence-corrected chi connectivity index (χ3v) is 4.84. The molecule has 0 atom stereocenters. The SMILES string of the molecule is Cc1cc(=O)c(C(=O)Nc2ccc(N3CCCC3)nc2)nn1-c1ccccc1F. The Morgan fingerprint density at radius 1 is 1.14 bits per heavy atom. The molecule has 0 spiro atoms. The van der Waals surface area contributed by atoms with Gasteiger partial charge in [0.05, 0.1) is 11.9 Å². The minimum absolute atomic E-state index is 0.163. The van der Waals surface area contributed by atoms with Gasteiger partial charge in [0.25, 0.3) is 5.91 Å². The predicted molar refractivity (Wildman–Crippen MR) is 108 cm³/mol. The van der Waals surface area contributed by atoms with E-state index in [-0.39, 0.29) is 11.4 Å². The molecule has 1 N–H and O–H groups in total. The molecule has 1 saturated heterocycles. The monoisotopic (exact) mass is 393 g/mol. The fraction of sp³-hybridized carbons (Fsp3) is 0.238. The number of halogens is 1. The Kier molecular flexibility index (Phi) is 5.07. The lowest BCUT2D eigenvalue weighted by Gasteiger charge is -2.16. The molecule has 3 aromatic rings. The van der Waals surface area contributed by atoms with Crippen molar-refractivity contribution in [2.45, 2.75) is 19.8 Å². The fourth-order valence-corrected chi connectivity index (χ4v) is 3.36. The first-order valence-corrected chi connectivity index (χ1v) is 9.41. The van der Waals surface area contributed by atoms with Crippen LogP contribution in [-0.4, -0.2) is 33.8 Å². The van der Waals surface area contributed by atoms with Crippen molar-refractivity contribution in [3.63, 3.8) is 0 Å². The molecule has 148 valence electrons. The van der Waals surface area contributed by atoms with Gasteiger partial charge in [-0.25, -0.2) is 14.1 Å². The number of hydrogen-bond donors (Lipinski definition) is 1. The van der Waals surface area contributed by atoms with Crippen molar-refractivity contribution < 1.29 is 9.18 Å². The van der Waals surface area contributed by atoms with Crippen molar-refractivity contribution in [3.8, 4) is 5.69 Å². The number of carbonyl (C=O) groups excluding carboxylic acids is 1. The summed E-state index contributed by atoms with van der Waals surface area (Å²) in [6.45, 7) is 3.58. The Bertz CT molecular complexity index is 1100. The molecule has 1 fully saturated rings. The number of nitrogens with one attached hydrogen (secondary N) is 1. The molecule has 29 heavy (non-hydrogen) atoms. The maximum atomic E-state index is 14.1. The van der Waals surface area contributed by atoms with E-state index in [1.807, 2.05) is 6.07 Å². The van der Waals surface area contributed by atoms with Crippen LogP contribution in [0.2, 0.25) is 0 Å². The van der Waals surface area contributed by atoms with Crippen LogP contribution in [0.3, 0.4) is 0 Å². The molecule has 2 aromatic heterocycles. The van der Waals surface area contributed by atoms with Gasteiger partial charge in [-0.1, -0.05) is 12.1 Å². The Balaban J connectivity index is 1.59. The lowest BCUT2D eigenvalue weighted by atomic mass is 10.2. The second-order valence-corrected chi connectivity index (χ2v) is 6.92. The van der Waals surface area contributed by atoms with E-state index in [4.69, 9.17) is 0 Å². The van der Waals surface area contributed by atoms with E-state index in [1.54, 1.807) is 31.3 Å². The van der Waals surface area contributed by atoms with Gasteiger partial charge in [-0.15, -0.1) is 0 Å². The van der Waals surface area contributed by atoms with Crippen molar-refractivity contribution in [2.75, 3.05) is 23.3 Å². The normalized spacial score (nSPS) is 13.5. The highest BCUT2D eigenvalue weighted by atomic mass is 19.1. The van der Waals surface area contributed by atoms with Crippen LogP contribution in [0.5, 0.6) is 0 Å². The molecule has 1 aliphatic rings. The molecule has 1 aromatic carbocycles. The summed E-state index contributed by atoms with van der Waals surface area (Å²) in [5, 5.41) is 6.74. The van der Waals surface area contributed by atoms with Gasteiger partial charge in [0.1, 0.15) is 17.3 Å². The van der Waals surface area contributed by atoms with Crippen LogP contribution in [-0.2, 0) is 0 Å². The number of aromatic nitrogens is 3. The van der Waals surface area contributed by atoms with Gasteiger partial charge in [-0.3, -0.25) is 9.59 Å². The maximum Gasteiger partial charge on any atom is 0.280 e. The number of pyridine rings is 1. The summed E-state index contributed by atoms with van der Waals surface area (Å²) in [5.74, 6) is -0.313. The van der Waals surface area contributed by atoms with Crippen molar-refractivity contribution in [2.24, 2.45) is 0 Å². The zero-order valence-electron chi connectivity index (χ0n) is 15.9. The number of benzene rings is 1. The molecule has 0 unspecified atom stereocenters. The number of hydrogen-bond acceptors (Lipinski definition) is 5. The maximum absolute atomic E-state index is 14.1. The first-order chi connectivity index (χ1) is 14.0. The molecule has 4 rings (SSSR count). The van der Waals surface area contributed by atoms with Gasteiger partial charge in [0, 0.05) is 24.8 Å². The van der Waals surface area contributed by atoms with Gasteiger partial charge in [0.15, 0.2) is 5.69 Å². The van der Waals surface area contributed by atoms with Gasteiger partial charge >= 0.3 is 0 Å². The minimum Gasteiger partial charge on any atom is -0.357 e. The Morgan fingerprint density at radius 3 is 2.59 bits per heavy atom. The molecule has 1 aliphatic heterocycles. The second-order valence-electron chi connectivity index (χ2n) is 6.92. The van der Waals surface area contributed by atoms with Gasteiger partial charge in [-0.05, 0) is 44.0 Å². The summed E-state index contributed by atoms with van der Waals surface area (Å²) >= 11 is 0. The molecule has 8 heteroatoms. The molecule has 0 saturated carbocycles. The number of para-hydroxylation sites is 1. The Hall–Kier alpha value is -3.55. The third-order valence-electron chi connectivity index (χ3n) is 4.84. The van der Waals surface area contributed by atoms with Crippen LogP contribution in [0, 0.1) is 12.7 Å². The summed E-state index contributed by atoms with van der Waals surface area (Å²) in [5.41, 5.74) is 0.192. The zero-order valence-corrected chi connectivity index (χ0v) is 15.9. The van der Waals surface area contributed by atoms with Crippen molar-refractivity contribution in [1.82, 2.24) is 14.8 Å². The number of aryl methyl sites for hydroxylation is 1. The van der Waals surface area contributed by atoms with E-state index in [2.05, 4.69) is 20.3 Å². The molecule has 7 nitrogen and oxygen atoms in total. The number of rotatable bonds is 4. The highest BCUT2D eigenvalue weighted by Gasteiger charge is 2.18. The largest absolute Gasteiger partial charge is 0.357 e. The predicted octanol–water partition coefficient (Wildman–Crippen LogP) is 2.93. The average molecular weight is 393 g/mol. The Morgan fingerprint density at radius 2 is 1.90 bits per heavy atom. The third kappa shape index (κ3) is 3.87. The van der Waals surface area contributed by atoms with E-state index < -0.39 is 17.2 Å². The van der Waals surface area contributed by atoms with Crippen LogP contribution in [0.25, 0.3) is 5.69 Å². The Labute approximate surface area is 166 Å². The smallest absolute Gasteiger partial charge is 0.280 e. The fourth-order valence-electron chi connectivity index (χ4n) is 3.36. The molecule has 3 heterocycles. The average Bonchev–Trinajstić information content (AvgIpc) is 3.24. The van der Waals surface area contributed by atoms with Crippen LogP contribution in [0.4, 0.5) is 15.9 Å². The molecule has 1 amide bonds. The summed E-state index contributed by atoms with van der Waals surface area (Å²) in [6, 6.07) is 10.9. The molecular weight excluding hydrogens is 373 g/mol. The molecule has 0 bridgehead atoms. The van der Waals surface area contributed by atoms with E-state index in [9.17, 15) is 14.0 Å². The van der Waals surface area contributed by atoms with Crippen LogP contribution < -0.4 is 15.6 Å².